The molecule has 2 N–H and O–H groups in total. The second-order valence-corrected chi connectivity index (χ2v) is 13.7. The van der Waals surface area contributed by atoms with E-state index in [1.54, 1.807) is 32.8 Å². The molecule has 1 fully saturated rings. The molecule has 0 aliphatic heterocycles. The molecule has 268 valence electrons. The Labute approximate surface area is 286 Å². The van der Waals surface area contributed by atoms with Gasteiger partial charge in [-0.1, -0.05) is 19.8 Å². The van der Waals surface area contributed by atoms with E-state index in [2.05, 4.69) is 11.2 Å². The fourth-order valence-corrected chi connectivity index (χ4v) is 6.80. The van der Waals surface area contributed by atoms with E-state index in [1.807, 2.05) is 0 Å². The zero-order chi connectivity index (χ0) is 37.5. The van der Waals surface area contributed by atoms with Crippen LogP contribution in [0.1, 0.15) is 85.0 Å². The predicted octanol–water partition coefficient (Wildman–Crippen LogP) is 7.06. The molecule has 0 saturated heterocycles. The topological polar surface area (TPSA) is 91.6 Å². The van der Waals surface area contributed by atoms with E-state index in [-0.39, 0.29) is 52.3 Å². The molecule has 1 saturated carbocycles. The minimum absolute atomic E-state index is 0.0861. The summed E-state index contributed by atoms with van der Waals surface area (Å²) in [6.45, 7) is 6.63. The first kappa shape index (κ1) is 38.2. The quantitative estimate of drug-likeness (QED) is 0.156. The van der Waals surface area contributed by atoms with Crippen molar-refractivity contribution in [2.75, 3.05) is 20.6 Å². The van der Waals surface area contributed by atoms with Crippen molar-refractivity contribution in [2.45, 2.75) is 77.1 Å². The lowest BCUT2D eigenvalue weighted by Crippen LogP contribution is -2.41. The van der Waals surface area contributed by atoms with Crippen molar-refractivity contribution in [3.05, 3.63) is 91.6 Å². The number of aliphatic carboxylic acids is 1. The van der Waals surface area contributed by atoms with Gasteiger partial charge in [-0.3, -0.25) is 14.4 Å². The molecule has 1 amide bonds. The Morgan fingerprint density at radius 3 is 2.14 bits per heavy atom. The number of likely N-dealkylation sites (N-methyl/N-ethyl adjacent to an activating group) is 1. The highest BCUT2D eigenvalue weighted by Crippen LogP contribution is 2.52. The minimum atomic E-state index is -4.86. The Bertz CT molecular complexity index is 1900. The number of carbonyl (C=O) groups excluding carboxylic acids is 1. The highest BCUT2D eigenvalue weighted by Gasteiger charge is 2.50. The lowest BCUT2D eigenvalue weighted by Gasteiger charge is -2.29. The molecule has 1 aliphatic rings. The van der Waals surface area contributed by atoms with E-state index in [0.717, 1.165) is 29.0 Å². The number of nitrogens with zero attached hydrogens (tertiary/aromatic N) is 2. The fraction of sp³-hybridized carbons (Fsp3) is 0.432. The number of hydrogen-bond acceptors (Lipinski definition) is 4. The van der Waals surface area contributed by atoms with Gasteiger partial charge in [-0.25, -0.2) is 13.2 Å². The summed E-state index contributed by atoms with van der Waals surface area (Å²) in [6.07, 6.45) is 1.50. The fourth-order valence-electron chi connectivity index (χ4n) is 6.80. The number of carboxylic acids is 1. The molecule has 3 aromatic rings. The number of pyridine rings is 1. The zero-order valence-corrected chi connectivity index (χ0v) is 28.6. The molecule has 0 unspecified atom stereocenters. The second kappa shape index (κ2) is 14.3. The SMILES string of the molecule is C#Cc1cc(F)c([C@H](CC(=O)O)NC(=O)[C@H](CC(C)C)n2cc(C3(CN(C)C)CC3)c(C(F)(F)F)cc2=O)c(F)c1-c1c(C)cc(F)cc1C. The third-order valence-corrected chi connectivity index (χ3v) is 8.96. The minimum Gasteiger partial charge on any atom is -0.481 e. The van der Waals surface area contributed by atoms with Crippen LogP contribution in [0.5, 0.6) is 0 Å². The lowest BCUT2D eigenvalue weighted by atomic mass is 9.88. The van der Waals surface area contributed by atoms with Gasteiger partial charge in [0, 0.05) is 40.9 Å². The standard InChI is InChI=1S/C37H39F6N3O4/c1-8-22-14-26(39)33(34(40)32(22)31-20(4)12-23(38)13-21(31)5)27(16-30(48)49)44-35(50)28(11-19(2)3)46-17-25(36(9-10-36)18-45(6)7)24(15-29(46)47)37(41,42)43/h1,12-15,17,19,27-28H,9-11,16,18H2,2-7H3,(H,44,50)(H,48,49)/t27-,28-/m0/s1. The zero-order valence-electron chi connectivity index (χ0n) is 28.6. The molecule has 0 radical (unpaired) electrons. The highest BCUT2D eigenvalue weighted by atomic mass is 19.4. The van der Waals surface area contributed by atoms with Crippen LogP contribution in [-0.2, 0) is 21.2 Å². The Balaban J connectivity index is 1.89. The van der Waals surface area contributed by atoms with Crippen molar-refractivity contribution in [3.63, 3.8) is 0 Å². The van der Waals surface area contributed by atoms with Gasteiger partial charge < -0.3 is 19.9 Å². The van der Waals surface area contributed by atoms with Gasteiger partial charge in [-0.2, -0.15) is 13.2 Å². The highest BCUT2D eigenvalue weighted by molar-refractivity contribution is 5.83. The number of amides is 1. The first-order valence-electron chi connectivity index (χ1n) is 16.0. The molecule has 4 rings (SSSR count). The third-order valence-electron chi connectivity index (χ3n) is 8.96. The molecule has 1 heterocycles. The number of hydrogen-bond donors (Lipinski definition) is 2. The van der Waals surface area contributed by atoms with Crippen LogP contribution < -0.4 is 10.9 Å². The van der Waals surface area contributed by atoms with Crippen LogP contribution in [0, 0.1) is 49.6 Å². The van der Waals surface area contributed by atoms with Crippen LogP contribution in [0.2, 0.25) is 0 Å². The smallest absolute Gasteiger partial charge is 0.416 e. The molecule has 2 atom stereocenters. The molecule has 50 heavy (non-hydrogen) atoms. The monoisotopic (exact) mass is 703 g/mol. The van der Waals surface area contributed by atoms with E-state index in [4.69, 9.17) is 6.42 Å². The van der Waals surface area contributed by atoms with Crippen molar-refractivity contribution in [1.82, 2.24) is 14.8 Å². The van der Waals surface area contributed by atoms with Gasteiger partial charge in [0.1, 0.15) is 23.5 Å². The molecule has 7 nitrogen and oxygen atoms in total. The largest absolute Gasteiger partial charge is 0.481 e. The summed E-state index contributed by atoms with van der Waals surface area (Å²) in [4.78, 5) is 41.2. The van der Waals surface area contributed by atoms with Crippen LogP contribution in [0.4, 0.5) is 26.3 Å². The van der Waals surface area contributed by atoms with Crippen molar-refractivity contribution in [3.8, 4) is 23.5 Å². The average Bonchev–Trinajstić information content (AvgIpc) is 3.74. The van der Waals surface area contributed by atoms with E-state index in [1.165, 1.54) is 13.8 Å². The molecule has 13 heteroatoms. The molecular formula is C37H39F6N3O4. The molecule has 1 aromatic heterocycles. The van der Waals surface area contributed by atoms with Crippen LogP contribution >= 0.6 is 0 Å². The van der Waals surface area contributed by atoms with Gasteiger partial charge in [-0.05, 0) is 93.6 Å². The van der Waals surface area contributed by atoms with Crippen molar-refractivity contribution in [2.24, 2.45) is 5.92 Å². The molecule has 0 bridgehead atoms. The Kier molecular flexibility index (Phi) is 11.0. The predicted molar refractivity (Wildman–Crippen MR) is 176 cm³/mol. The summed E-state index contributed by atoms with van der Waals surface area (Å²) in [5.74, 6) is -3.84. The molecule has 2 aromatic carbocycles. The van der Waals surface area contributed by atoms with Gasteiger partial charge in [0.2, 0.25) is 5.91 Å². The van der Waals surface area contributed by atoms with Gasteiger partial charge in [0.05, 0.1) is 18.0 Å². The number of carbonyl (C=O) groups is 2. The molecular weight excluding hydrogens is 664 g/mol. The maximum absolute atomic E-state index is 16.6. The number of aromatic nitrogens is 1. The summed E-state index contributed by atoms with van der Waals surface area (Å²) < 4.78 is 90.2. The maximum Gasteiger partial charge on any atom is 0.416 e. The van der Waals surface area contributed by atoms with E-state index in [9.17, 15) is 37.1 Å². The summed E-state index contributed by atoms with van der Waals surface area (Å²) in [5, 5.41) is 12.1. The maximum atomic E-state index is 16.6. The number of alkyl halides is 3. The molecule has 1 aliphatic carbocycles. The summed E-state index contributed by atoms with van der Waals surface area (Å²) in [5.41, 5.74) is -4.05. The summed E-state index contributed by atoms with van der Waals surface area (Å²) in [7, 11) is 3.42. The van der Waals surface area contributed by atoms with Gasteiger partial charge >= 0.3 is 12.1 Å². The van der Waals surface area contributed by atoms with Crippen LogP contribution in [0.15, 0.2) is 35.3 Å². The number of carboxylic acid groups (broad SMARTS) is 1. The number of rotatable bonds is 12. The average molecular weight is 704 g/mol. The summed E-state index contributed by atoms with van der Waals surface area (Å²) in [6, 6.07) is 0.186. The van der Waals surface area contributed by atoms with E-state index >= 15 is 8.78 Å². The van der Waals surface area contributed by atoms with Crippen LogP contribution in [0.3, 0.4) is 0 Å². The van der Waals surface area contributed by atoms with Crippen LogP contribution in [0.25, 0.3) is 11.1 Å². The second-order valence-electron chi connectivity index (χ2n) is 13.7. The van der Waals surface area contributed by atoms with Crippen molar-refractivity contribution >= 4 is 11.9 Å². The van der Waals surface area contributed by atoms with Crippen molar-refractivity contribution < 1.29 is 41.0 Å². The number of terminal acetylenes is 1. The summed E-state index contributed by atoms with van der Waals surface area (Å²) >= 11 is 0. The van der Waals surface area contributed by atoms with E-state index < -0.39 is 76.1 Å². The number of aryl methyl sites for hydroxylation is 2. The first-order chi connectivity index (χ1) is 23.2. The number of benzene rings is 2. The lowest BCUT2D eigenvalue weighted by molar-refractivity contribution is -0.139. The first-order valence-corrected chi connectivity index (χ1v) is 16.0. The Hall–Kier alpha value is -4.57. The van der Waals surface area contributed by atoms with Crippen LogP contribution in [-0.4, -0.2) is 47.1 Å². The Morgan fingerprint density at radius 2 is 1.66 bits per heavy atom. The van der Waals surface area contributed by atoms with Crippen molar-refractivity contribution in [1.29, 1.82) is 0 Å². The van der Waals surface area contributed by atoms with Gasteiger partial charge in [0.15, 0.2) is 0 Å². The van der Waals surface area contributed by atoms with E-state index in [0.29, 0.717) is 18.9 Å². The number of nitrogens with one attached hydrogen (secondary N) is 1. The third kappa shape index (κ3) is 7.91. The Morgan fingerprint density at radius 1 is 1.06 bits per heavy atom. The van der Waals surface area contributed by atoms with Gasteiger partial charge in [-0.15, -0.1) is 6.42 Å². The van der Waals surface area contributed by atoms with Gasteiger partial charge in [0.25, 0.3) is 5.56 Å². The number of halogens is 6. The molecule has 0 spiro atoms. The normalized spacial score (nSPS) is 15.1.